The van der Waals surface area contributed by atoms with Gasteiger partial charge in [-0.25, -0.2) is 0 Å². The van der Waals surface area contributed by atoms with Gasteiger partial charge in [-0.2, -0.15) is 0 Å². The number of carbonyl (C=O) groups excluding carboxylic acids is 1. The number of carboxylic acid groups (broad SMARTS) is 2. The Morgan fingerprint density at radius 3 is 1.80 bits per heavy atom. The van der Waals surface area contributed by atoms with Crippen molar-refractivity contribution in [3.8, 4) is 0 Å². The number of hydrogen-bond donors (Lipinski definition) is 3. The van der Waals surface area contributed by atoms with E-state index in [1.165, 1.54) is 45.6 Å². The number of carbonyl (C=O) groups is 3. The molecule has 1 aliphatic heterocycles. The van der Waals surface area contributed by atoms with Crippen molar-refractivity contribution >= 4 is 17.8 Å². The zero-order valence-corrected chi connectivity index (χ0v) is 20.3. The summed E-state index contributed by atoms with van der Waals surface area (Å²) in [5, 5.41) is 17.1. The van der Waals surface area contributed by atoms with E-state index in [9.17, 15) is 14.4 Å². The average Bonchev–Trinajstić information content (AvgIpc) is 3.13. The van der Waals surface area contributed by atoms with E-state index < -0.39 is 17.9 Å². The summed E-state index contributed by atoms with van der Waals surface area (Å²) in [5.74, 6) is -2.20. The van der Waals surface area contributed by atoms with E-state index in [2.05, 4.69) is 12.7 Å². The van der Waals surface area contributed by atoms with E-state index >= 15 is 0 Å². The van der Waals surface area contributed by atoms with Gasteiger partial charge in [0.05, 0.1) is 11.8 Å². The highest BCUT2D eigenvalue weighted by atomic mass is 16.4. The molecule has 30 heavy (non-hydrogen) atoms. The Balaban J connectivity index is -0.000000556. The van der Waals surface area contributed by atoms with Gasteiger partial charge in [-0.3, -0.25) is 14.4 Å². The molecule has 2 atom stereocenters. The van der Waals surface area contributed by atoms with Crippen LogP contribution in [0.25, 0.3) is 0 Å². The highest BCUT2D eigenvalue weighted by molar-refractivity contribution is 5.86. The molecule has 0 radical (unpaired) electrons. The first-order valence-corrected chi connectivity index (χ1v) is 11.6. The number of carboxylic acids is 2. The SMILES string of the molecule is CC.CCC(C)C(=O)O.CCCCCCCCCCN1CC(C(=O)O)CC1=O.CN. The smallest absolute Gasteiger partial charge is 0.308 e. The van der Waals surface area contributed by atoms with E-state index in [1.54, 1.807) is 11.8 Å². The average molecular weight is 433 g/mol. The summed E-state index contributed by atoms with van der Waals surface area (Å²) in [6, 6.07) is 0. The van der Waals surface area contributed by atoms with Gasteiger partial charge < -0.3 is 20.8 Å². The van der Waals surface area contributed by atoms with Crippen LogP contribution in [-0.4, -0.2) is 53.1 Å². The van der Waals surface area contributed by atoms with Gasteiger partial charge in [0, 0.05) is 19.5 Å². The number of rotatable bonds is 12. The van der Waals surface area contributed by atoms with Crippen LogP contribution < -0.4 is 5.73 Å². The number of aliphatic carboxylic acids is 2. The van der Waals surface area contributed by atoms with E-state index in [1.807, 2.05) is 20.8 Å². The van der Waals surface area contributed by atoms with Crippen LogP contribution in [0.2, 0.25) is 0 Å². The van der Waals surface area contributed by atoms with Crippen molar-refractivity contribution in [3.05, 3.63) is 0 Å². The molecule has 180 valence electrons. The summed E-state index contributed by atoms with van der Waals surface area (Å²) in [5.41, 5.74) is 4.50. The lowest BCUT2D eigenvalue weighted by Gasteiger charge is -2.15. The van der Waals surface area contributed by atoms with Gasteiger partial charge in [0.2, 0.25) is 5.91 Å². The van der Waals surface area contributed by atoms with Crippen molar-refractivity contribution in [1.29, 1.82) is 0 Å². The number of nitrogens with zero attached hydrogens (tertiary/aromatic N) is 1. The molecule has 4 N–H and O–H groups in total. The van der Waals surface area contributed by atoms with Crippen molar-refractivity contribution in [2.75, 3.05) is 20.1 Å². The minimum atomic E-state index is -0.841. The molecular weight excluding hydrogens is 384 g/mol. The predicted molar refractivity (Wildman–Crippen MR) is 123 cm³/mol. The quantitative estimate of drug-likeness (QED) is 0.382. The second-order valence-electron chi connectivity index (χ2n) is 7.20. The van der Waals surface area contributed by atoms with Gasteiger partial charge >= 0.3 is 11.9 Å². The fourth-order valence-corrected chi connectivity index (χ4v) is 2.76. The second-order valence-corrected chi connectivity index (χ2v) is 7.20. The maximum Gasteiger partial charge on any atom is 0.308 e. The van der Waals surface area contributed by atoms with Gasteiger partial charge in [-0.05, 0) is 19.9 Å². The van der Waals surface area contributed by atoms with Crippen LogP contribution in [0.1, 0.15) is 98.8 Å². The van der Waals surface area contributed by atoms with Gasteiger partial charge in [0.1, 0.15) is 0 Å². The molecule has 2 unspecified atom stereocenters. The van der Waals surface area contributed by atoms with Crippen LogP contribution in [0.5, 0.6) is 0 Å². The molecule has 7 heteroatoms. The Morgan fingerprint density at radius 2 is 1.47 bits per heavy atom. The van der Waals surface area contributed by atoms with Crippen LogP contribution in [0, 0.1) is 11.8 Å². The topological polar surface area (TPSA) is 121 Å². The molecule has 1 rings (SSSR count). The molecule has 0 aromatic heterocycles. The van der Waals surface area contributed by atoms with Crippen molar-refractivity contribution in [1.82, 2.24) is 4.90 Å². The molecule has 0 spiro atoms. The zero-order chi connectivity index (χ0) is 23.9. The van der Waals surface area contributed by atoms with Gasteiger partial charge in [0.15, 0.2) is 0 Å². The van der Waals surface area contributed by atoms with Crippen LogP contribution in [0.3, 0.4) is 0 Å². The first-order valence-electron chi connectivity index (χ1n) is 11.6. The fraction of sp³-hybridized carbons (Fsp3) is 0.870. The Labute approximate surface area is 184 Å². The van der Waals surface area contributed by atoms with Crippen molar-refractivity contribution in [3.63, 3.8) is 0 Å². The van der Waals surface area contributed by atoms with Crippen molar-refractivity contribution in [2.24, 2.45) is 17.6 Å². The number of unbranched alkanes of at least 4 members (excludes halogenated alkanes) is 7. The molecule has 1 saturated heterocycles. The first kappa shape index (κ1) is 33.0. The minimum Gasteiger partial charge on any atom is -0.481 e. The molecule has 0 aromatic rings. The minimum absolute atomic E-state index is 0.00958. The predicted octanol–water partition coefficient (Wildman–Crippen LogP) is 4.78. The number of amides is 1. The standard InChI is InChI=1S/C15H27NO3.C5H10O2.C2H6.CH5N/c1-2-3-4-5-6-7-8-9-10-16-12-13(15(18)19)11-14(16)17;1-3-4(2)5(6)7;2*1-2/h13H,2-12H2,1H3,(H,18,19);4H,3H2,1-2H3,(H,6,7);1-2H3;2H2,1H3. The third-order valence-corrected chi connectivity index (χ3v) is 4.88. The lowest BCUT2D eigenvalue weighted by molar-refractivity contribution is -0.142. The van der Waals surface area contributed by atoms with E-state index in [0.717, 1.165) is 25.8 Å². The van der Waals surface area contributed by atoms with E-state index in [0.29, 0.717) is 6.54 Å². The largest absolute Gasteiger partial charge is 0.481 e. The summed E-state index contributed by atoms with van der Waals surface area (Å²) in [6.45, 7) is 10.9. The molecule has 0 saturated carbocycles. The Morgan fingerprint density at radius 1 is 1.00 bits per heavy atom. The van der Waals surface area contributed by atoms with E-state index in [4.69, 9.17) is 10.2 Å². The van der Waals surface area contributed by atoms with Gasteiger partial charge in [-0.1, -0.05) is 79.6 Å². The van der Waals surface area contributed by atoms with E-state index in [-0.39, 0.29) is 18.2 Å². The third-order valence-electron chi connectivity index (χ3n) is 4.88. The first-order chi connectivity index (χ1) is 14.3. The third kappa shape index (κ3) is 18.4. The summed E-state index contributed by atoms with van der Waals surface area (Å²) < 4.78 is 0. The van der Waals surface area contributed by atoms with Gasteiger partial charge in [-0.15, -0.1) is 0 Å². The zero-order valence-electron chi connectivity index (χ0n) is 20.3. The van der Waals surface area contributed by atoms with Crippen molar-refractivity contribution in [2.45, 2.75) is 98.8 Å². The maximum absolute atomic E-state index is 11.6. The molecule has 1 amide bonds. The second kappa shape index (κ2) is 23.6. The molecule has 0 bridgehead atoms. The molecule has 0 aliphatic carbocycles. The Bertz CT molecular complexity index is 430. The highest BCUT2D eigenvalue weighted by Crippen LogP contribution is 2.18. The fourth-order valence-electron chi connectivity index (χ4n) is 2.76. The summed E-state index contributed by atoms with van der Waals surface area (Å²) >= 11 is 0. The highest BCUT2D eigenvalue weighted by Gasteiger charge is 2.33. The lowest BCUT2D eigenvalue weighted by atomic mass is 10.1. The summed E-state index contributed by atoms with van der Waals surface area (Å²) in [7, 11) is 1.50. The number of nitrogens with two attached hydrogens (primary N) is 1. The summed E-state index contributed by atoms with van der Waals surface area (Å²) in [4.78, 5) is 34.1. The molecular formula is C23H48N2O5. The molecule has 0 aromatic carbocycles. The van der Waals surface area contributed by atoms with Crippen LogP contribution in [-0.2, 0) is 14.4 Å². The normalized spacial score (nSPS) is 15.6. The summed E-state index contributed by atoms with van der Waals surface area (Å²) in [6.07, 6.45) is 10.8. The maximum atomic E-state index is 11.6. The molecule has 1 heterocycles. The Hall–Kier alpha value is -1.63. The lowest BCUT2D eigenvalue weighted by Crippen LogP contribution is -2.27. The van der Waals surface area contributed by atoms with Crippen molar-refractivity contribution < 1.29 is 24.6 Å². The molecule has 1 fully saturated rings. The van der Waals surface area contributed by atoms with Crippen LogP contribution in [0.4, 0.5) is 0 Å². The molecule has 7 nitrogen and oxygen atoms in total. The van der Waals surface area contributed by atoms with Crippen LogP contribution >= 0.6 is 0 Å². The van der Waals surface area contributed by atoms with Gasteiger partial charge in [0.25, 0.3) is 0 Å². The number of likely N-dealkylation sites (tertiary alicyclic amines) is 1. The molecule has 1 aliphatic rings. The van der Waals surface area contributed by atoms with Crippen LogP contribution in [0.15, 0.2) is 0 Å². The number of hydrogen-bond acceptors (Lipinski definition) is 4. The Kier molecular flexibility index (Phi) is 26.0. The monoisotopic (exact) mass is 432 g/mol.